The van der Waals surface area contributed by atoms with Gasteiger partial charge in [0.05, 0.1) is 11.5 Å². The number of ether oxygens (including phenoxy) is 1. The van der Waals surface area contributed by atoms with Crippen LogP contribution in [0.25, 0.3) is 0 Å². The van der Waals surface area contributed by atoms with Gasteiger partial charge in [-0.05, 0) is 46.2 Å². The summed E-state index contributed by atoms with van der Waals surface area (Å²) in [5, 5.41) is 12.2. The van der Waals surface area contributed by atoms with Crippen LogP contribution in [0.5, 0.6) is 0 Å². The van der Waals surface area contributed by atoms with Crippen molar-refractivity contribution in [1.29, 1.82) is 5.26 Å². The molecule has 0 aromatic heterocycles. The maximum Gasteiger partial charge on any atom is 0.0683 e. The fraction of sp³-hybridized carbons (Fsp3) is 0.917. The zero-order chi connectivity index (χ0) is 11.6. The Morgan fingerprint density at radius 1 is 1.20 bits per heavy atom. The van der Waals surface area contributed by atoms with Crippen molar-refractivity contribution in [3.8, 4) is 6.07 Å². The Balaban J connectivity index is 3.16. The van der Waals surface area contributed by atoms with E-state index in [1.54, 1.807) is 7.11 Å². The zero-order valence-electron chi connectivity index (χ0n) is 10.3. The molecule has 0 fully saturated rings. The van der Waals surface area contributed by atoms with Crippen LogP contribution in [-0.4, -0.2) is 26.8 Å². The van der Waals surface area contributed by atoms with Crippen molar-refractivity contribution in [3.63, 3.8) is 0 Å². The molecule has 3 nitrogen and oxygen atoms in total. The number of rotatable bonds is 9. The Morgan fingerprint density at radius 3 is 2.47 bits per heavy atom. The van der Waals surface area contributed by atoms with Crippen LogP contribution in [0.1, 0.15) is 39.5 Å². The predicted octanol–water partition coefficient (Wildman–Crippen LogP) is 2.33. The highest BCUT2D eigenvalue weighted by Crippen LogP contribution is 2.21. The van der Waals surface area contributed by atoms with Gasteiger partial charge >= 0.3 is 0 Å². The highest BCUT2D eigenvalue weighted by atomic mass is 16.5. The van der Waals surface area contributed by atoms with Crippen LogP contribution in [0.2, 0.25) is 0 Å². The Labute approximate surface area is 93.8 Å². The minimum atomic E-state index is -0.157. The number of hydrogen-bond donors (Lipinski definition) is 1. The van der Waals surface area contributed by atoms with Crippen molar-refractivity contribution in [3.05, 3.63) is 0 Å². The van der Waals surface area contributed by atoms with Gasteiger partial charge in [-0.15, -0.1) is 0 Å². The predicted molar refractivity (Wildman–Crippen MR) is 62.6 cm³/mol. The fourth-order valence-corrected chi connectivity index (χ4v) is 1.34. The minimum absolute atomic E-state index is 0.157. The van der Waals surface area contributed by atoms with Crippen LogP contribution < -0.4 is 5.32 Å². The number of nitrogens with one attached hydrogen (secondary N) is 1. The van der Waals surface area contributed by atoms with Crippen LogP contribution in [-0.2, 0) is 4.74 Å². The van der Waals surface area contributed by atoms with Crippen molar-refractivity contribution < 1.29 is 4.74 Å². The smallest absolute Gasteiger partial charge is 0.0683 e. The SMILES string of the molecule is COCCCNCCCCC(C)(C)C#N. The van der Waals surface area contributed by atoms with Crippen LogP contribution in [0.4, 0.5) is 0 Å². The molecular weight excluding hydrogens is 188 g/mol. The number of nitriles is 1. The van der Waals surface area contributed by atoms with Gasteiger partial charge in [0, 0.05) is 13.7 Å². The lowest BCUT2D eigenvalue weighted by atomic mass is 9.89. The van der Waals surface area contributed by atoms with E-state index in [2.05, 4.69) is 11.4 Å². The molecule has 0 atom stereocenters. The number of methoxy groups -OCH3 is 1. The van der Waals surface area contributed by atoms with Gasteiger partial charge in [0.25, 0.3) is 0 Å². The molecule has 0 aromatic rings. The lowest BCUT2D eigenvalue weighted by Gasteiger charge is -2.14. The Hall–Kier alpha value is -0.590. The lowest BCUT2D eigenvalue weighted by molar-refractivity contribution is 0.194. The van der Waals surface area contributed by atoms with Gasteiger partial charge in [-0.1, -0.05) is 6.42 Å². The standard InChI is InChI=1S/C12H24N2O/c1-12(2,11-13)7-4-5-8-14-9-6-10-15-3/h14H,4-10H2,1-3H3. The molecule has 0 spiro atoms. The Kier molecular flexibility index (Phi) is 8.35. The van der Waals surface area contributed by atoms with E-state index in [-0.39, 0.29) is 5.41 Å². The van der Waals surface area contributed by atoms with E-state index in [0.717, 1.165) is 45.4 Å². The lowest BCUT2D eigenvalue weighted by Crippen LogP contribution is -2.18. The molecule has 0 aliphatic rings. The molecule has 0 aliphatic heterocycles. The molecule has 0 rings (SSSR count). The summed E-state index contributed by atoms with van der Waals surface area (Å²) in [6.07, 6.45) is 4.33. The third-order valence-electron chi connectivity index (χ3n) is 2.41. The molecule has 0 unspecified atom stereocenters. The first-order chi connectivity index (χ1) is 7.12. The van der Waals surface area contributed by atoms with Crippen molar-refractivity contribution in [2.75, 3.05) is 26.8 Å². The second-order valence-electron chi connectivity index (χ2n) is 4.55. The van der Waals surface area contributed by atoms with E-state index in [9.17, 15) is 0 Å². The minimum Gasteiger partial charge on any atom is -0.385 e. The van der Waals surface area contributed by atoms with E-state index in [4.69, 9.17) is 10.00 Å². The van der Waals surface area contributed by atoms with E-state index in [1.165, 1.54) is 0 Å². The average Bonchev–Trinajstić information content (AvgIpc) is 2.22. The van der Waals surface area contributed by atoms with Crippen LogP contribution in [0.15, 0.2) is 0 Å². The summed E-state index contributed by atoms with van der Waals surface area (Å²) in [6, 6.07) is 2.32. The van der Waals surface area contributed by atoms with E-state index < -0.39 is 0 Å². The summed E-state index contributed by atoms with van der Waals surface area (Å²) in [7, 11) is 1.73. The van der Waals surface area contributed by atoms with E-state index in [0.29, 0.717) is 0 Å². The topological polar surface area (TPSA) is 45.0 Å². The molecule has 0 saturated carbocycles. The summed E-state index contributed by atoms with van der Waals surface area (Å²) in [5.41, 5.74) is -0.157. The third kappa shape index (κ3) is 9.71. The van der Waals surface area contributed by atoms with Crippen LogP contribution in [0, 0.1) is 16.7 Å². The van der Waals surface area contributed by atoms with Gasteiger partial charge in [0.15, 0.2) is 0 Å². The molecule has 0 aliphatic carbocycles. The molecule has 3 heteroatoms. The molecule has 0 saturated heterocycles. The van der Waals surface area contributed by atoms with Gasteiger partial charge < -0.3 is 10.1 Å². The zero-order valence-corrected chi connectivity index (χ0v) is 10.3. The van der Waals surface area contributed by atoms with Crippen molar-refractivity contribution >= 4 is 0 Å². The molecule has 0 aromatic carbocycles. The molecule has 88 valence electrons. The van der Waals surface area contributed by atoms with Gasteiger partial charge in [-0.3, -0.25) is 0 Å². The number of nitrogens with zero attached hydrogens (tertiary/aromatic N) is 1. The summed E-state index contributed by atoms with van der Waals surface area (Å²) < 4.78 is 4.95. The summed E-state index contributed by atoms with van der Waals surface area (Å²) in [5.74, 6) is 0. The molecule has 0 bridgehead atoms. The first-order valence-corrected chi connectivity index (χ1v) is 5.73. The van der Waals surface area contributed by atoms with Crippen molar-refractivity contribution in [1.82, 2.24) is 5.32 Å². The Morgan fingerprint density at radius 2 is 1.87 bits per heavy atom. The van der Waals surface area contributed by atoms with Crippen molar-refractivity contribution in [2.24, 2.45) is 5.41 Å². The quantitative estimate of drug-likeness (QED) is 0.597. The third-order valence-corrected chi connectivity index (χ3v) is 2.41. The molecule has 15 heavy (non-hydrogen) atoms. The maximum atomic E-state index is 8.81. The van der Waals surface area contributed by atoms with E-state index >= 15 is 0 Å². The van der Waals surface area contributed by atoms with Gasteiger partial charge in [-0.2, -0.15) is 5.26 Å². The van der Waals surface area contributed by atoms with E-state index in [1.807, 2.05) is 13.8 Å². The van der Waals surface area contributed by atoms with Crippen molar-refractivity contribution in [2.45, 2.75) is 39.5 Å². The summed E-state index contributed by atoms with van der Waals surface area (Å²) in [6.45, 7) is 6.90. The highest BCUT2D eigenvalue weighted by Gasteiger charge is 2.14. The highest BCUT2D eigenvalue weighted by molar-refractivity contribution is 4.91. The summed E-state index contributed by atoms with van der Waals surface area (Å²) in [4.78, 5) is 0. The second kappa shape index (κ2) is 8.70. The molecule has 1 N–H and O–H groups in total. The summed E-state index contributed by atoms with van der Waals surface area (Å²) >= 11 is 0. The normalized spacial score (nSPS) is 11.3. The maximum absolute atomic E-state index is 8.81. The van der Waals surface area contributed by atoms with Gasteiger partial charge in [0.2, 0.25) is 0 Å². The van der Waals surface area contributed by atoms with Gasteiger partial charge in [0.1, 0.15) is 0 Å². The monoisotopic (exact) mass is 212 g/mol. The van der Waals surface area contributed by atoms with Crippen LogP contribution >= 0.6 is 0 Å². The Bertz CT molecular complexity index is 185. The molecular formula is C12H24N2O. The second-order valence-corrected chi connectivity index (χ2v) is 4.55. The average molecular weight is 212 g/mol. The van der Waals surface area contributed by atoms with Gasteiger partial charge in [-0.25, -0.2) is 0 Å². The number of hydrogen-bond acceptors (Lipinski definition) is 3. The first-order valence-electron chi connectivity index (χ1n) is 5.73. The molecule has 0 heterocycles. The van der Waals surface area contributed by atoms with Crippen LogP contribution in [0.3, 0.4) is 0 Å². The fourth-order valence-electron chi connectivity index (χ4n) is 1.34. The molecule has 0 radical (unpaired) electrons. The molecule has 0 amide bonds. The number of unbranched alkanes of at least 4 members (excludes halogenated alkanes) is 1. The largest absolute Gasteiger partial charge is 0.385 e. The first kappa shape index (κ1) is 14.4.